The number of likely N-dealkylation sites (N-methyl/N-ethyl adjacent to an activating group) is 1. The second kappa shape index (κ2) is 9.02. The monoisotopic (exact) mass is 347 g/mol. The maximum Gasteiger partial charge on any atom is 0.264 e. The molecule has 0 saturated heterocycles. The molecule has 7 heteroatoms. The first-order chi connectivity index (χ1) is 11.6. The minimum absolute atomic E-state index is 0.00213. The molecule has 2 aromatic heterocycles. The fraction of sp³-hybridized carbons (Fsp3) is 0.353. The van der Waals surface area contributed by atoms with E-state index in [1.54, 1.807) is 25.4 Å². The van der Waals surface area contributed by atoms with Gasteiger partial charge >= 0.3 is 0 Å². The molecular weight excluding hydrogens is 326 g/mol. The van der Waals surface area contributed by atoms with Gasteiger partial charge in [0.2, 0.25) is 11.8 Å². The lowest BCUT2D eigenvalue weighted by Crippen LogP contribution is -2.37. The highest BCUT2D eigenvalue weighted by atomic mass is 32.1. The molecular formula is C17H21N3O3S. The van der Waals surface area contributed by atoms with Gasteiger partial charge in [-0.1, -0.05) is 19.1 Å². The molecule has 1 N–H and O–H groups in total. The summed E-state index contributed by atoms with van der Waals surface area (Å²) >= 11 is 1.36. The summed E-state index contributed by atoms with van der Waals surface area (Å²) in [4.78, 5) is 30.4. The Balaban J connectivity index is 1.86. The Morgan fingerprint density at radius 3 is 2.88 bits per heavy atom. The molecule has 0 fully saturated rings. The Labute approximate surface area is 145 Å². The van der Waals surface area contributed by atoms with Gasteiger partial charge in [-0.3, -0.25) is 9.59 Å². The molecule has 0 aromatic carbocycles. The van der Waals surface area contributed by atoms with E-state index in [-0.39, 0.29) is 18.4 Å². The van der Waals surface area contributed by atoms with E-state index >= 15 is 0 Å². The van der Waals surface area contributed by atoms with Crippen molar-refractivity contribution in [1.29, 1.82) is 0 Å². The summed E-state index contributed by atoms with van der Waals surface area (Å²) in [6.45, 7) is 2.91. The molecule has 24 heavy (non-hydrogen) atoms. The van der Waals surface area contributed by atoms with Gasteiger partial charge in [0, 0.05) is 25.4 Å². The van der Waals surface area contributed by atoms with Crippen molar-refractivity contribution in [3.63, 3.8) is 0 Å². The summed E-state index contributed by atoms with van der Waals surface area (Å²) in [5.74, 6) is 0.142. The van der Waals surface area contributed by atoms with Crippen LogP contribution in [0.2, 0.25) is 0 Å². The normalized spacial score (nSPS) is 10.2. The van der Waals surface area contributed by atoms with E-state index in [1.165, 1.54) is 16.2 Å². The number of hydrogen-bond acceptors (Lipinski definition) is 5. The van der Waals surface area contributed by atoms with Crippen LogP contribution in [0.5, 0.6) is 5.88 Å². The highest BCUT2D eigenvalue weighted by Crippen LogP contribution is 2.14. The number of aromatic nitrogens is 1. The predicted molar refractivity (Wildman–Crippen MR) is 93.1 cm³/mol. The lowest BCUT2D eigenvalue weighted by molar-refractivity contribution is -0.121. The smallest absolute Gasteiger partial charge is 0.264 e. The average molecular weight is 347 g/mol. The maximum absolute atomic E-state index is 12.1. The highest BCUT2D eigenvalue weighted by Gasteiger charge is 2.16. The van der Waals surface area contributed by atoms with E-state index < -0.39 is 0 Å². The minimum Gasteiger partial charge on any atom is -0.477 e. The molecule has 0 radical (unpaired) electrons. The first kappa shape index (κ1) is 17.9. The summed E-state index contributed by atoms with van der Waals surface area (Å²) in [6, 6.07) is 7.21. The molecule has 2 rings (SSSR count). The molecule has 2 aromatic rings. The van der Waals surface area contributed by atoms with E-state index in [4.69, 9.17) is 4.74 Å². The van der Waals surface area contributed by atoms with Gasteiger partial charge in [-0.2, -0.15) is 0 Å². The second-order valence-corrected chi connectivity index (χ2v) is 6.18. The topological polar surface area (TPSA) is 71.5 Å². The van der Waals surface area contributed by atoms with Gasteiger partial charge in [0.25, 0.3) is 5.91 Å². The Kier molecular flexibility index (Phi) is 6.74. The molecule has 2 amide bonds. The van der Waals surface area contributed by atoms with Gasteiger partial charge in [0.1, 0.15) is 0 Å². The quantitative estimate of drug-likeness (QED) is 0.795. The van der Waals surface area contributed by atoms with Crippen LogP contribution >= 0.6 is 11.3 Å². The Hall–Kier alpha value is -2.41. The molecule has 0 unspecified atom stereocenters. The lowest BCUT2D eigenvalue weighted by atomic mass is 10.2. The number of carbonyl (C=O) groups excluding carboxylic acids is 2. The molecule has 0 bridgehead atoms. The third kappa shape index (κ3) is 5.06. The van der Waals surface area contributed by atoms with Crippen LogP contribution in [0.4, 0.5) is 0 Å². The third-order valence-corrected chi connectivity index (χ3v) is 4.09. The first-order valence-corrected chi connectivity index (χ1v) is 8.62. The van der Waals surface area contributed by atoms with Crippen molar-refractivity contribution in [1.82, 2.24) is 15.2 Å². The minimum atomic E-state index is -0.229. The van der Waals surface area contributed by atoms with Crippen molar-refractivity contribution in [2.24, 2.45) is 0 Å². The summed E-state index contributed by atoms with van der Waals surface area (Å²) in [5, 5.41) is 4.63. The largest absolute Gasteiger partial charge is 0.477 e. The molecule has 2 heterocycles. The van der Waals surface area contributed by atoms with Crippen LogP contribution in [-0.2, 0) is 11.3 Å². The van der Waals surface area contributed by atoms with Crippen LogP contribution in [0, 0.1) is 0 Å². The summed E-state index contributed by atoms with van der Waals surface area (Å²) in [6.07, 6.45) is 2.54. The number of amides is 2. The third-order valence-electron chi connectivity index (χ3n) is 3.23. The van der Waals surface area contributed by atoms with Crippen molar-refractivity contribution in [2.75, 3.05) is 20.2 Å². The number of rotatable bonds is 8. The SMILES string of the molecule is CCCOc1ncccc1CNC(=O)CN(C)C(=O)c1cccs1. The van der Waals surface area contributed by atoms with E-state index in [0.717, 1.165) is 12.0 Å². The van der Waals surface area contributed by atoms with Gasteiger partial charge in [0.15, 0.2) is 0 Å². The van der Waals surface area contributed by atoms with Crippen LogP contribution in [-0.4, -0.2) is 41.9 Å². The van der Waals surface area contributed by atoms with Crippen LogP contribution in [0.1, 0.15) is 28.6 Å². The second-order valence-electron chi connectivity index (χ2n) is 5.23. The fourth-order valence-corrected chi connectivity index (χ4v) is 2.73. The van der Waals surface area contributed by atoms with Crippen LogP contribution in [0.3, 0.4) is 0 Å². The average Bonchev–Trinajstić information content (AvgIpc) is 3.12. The number of carbonyl (C=O) groups is 2. The molecule has 0 atom stereocenters. The van der Waals surface area contributed by atoms with Crippen molar-refractivity contribution in [3.05, 3.63) is 46.3 Å². The van der Waals surface area contributed by atoms with Crippen molar-refractivity contribution >= 4 is 23.2 Å². The summed E-state index contributed by atoms with van der Waals surface area (Å²) in [5.41, 5.74) is 0.812. The maximum atomic E-state index is 12.1. The summed E-state index contributed by atoms with van der Waals surface area (Å²) in [7, 11) is 1.61. The first-order valence-electron chi connectivity index (χ1n) is 7.74. The van der Waals surface area contributed by atoms with Gasteiger partial charge in [-0.15, -0.1) is 11.3 Å². The fourth-order valence-electron chi connectivity index (χ4n) is 2.01. The Morgan fingerprint density at radius 1 is 1.33 bits per heavy atom. The Bertz CT molecular complexity index is 673. The number of hydrogen-bond donors (Lipinski definition) is 1. The van der Waals surface area contributed by atoms with Gasteiger partial charge in [-0.05, 0) is 23.9 Å². The number of nitrogens with zero attached hydrogens (tertiary/aromatic N) is 2. The molecule has 0 aliphatic carbocycles. The number of thiophene rings is 1. The molecule has 6 nitrogen and oxygen atoms in total. The van der Waals surface area contributed by atoms with Gasteiger partial charge < -0.3 is 15.0 Å². The van der Waals surface area contributed by atoms with E-state index in [0.29, 0.717) is 23.9 Å². The standard InChI is InChI=1S/C17H21N3O3S/c1-3-9-23-16-13(6-4-8-18-16)11-19-15(21)12-20(2)17(22)14-7-5-10-24-14/h4-8,10H,3,9,11-12H2,1-2H3,(H,19,21). The molecule has 128 valence electrons. The molecule has 0 aliphatic rings. The molecule has 0 spiro atoms. The van der Waals surface area contributed by atoms with E-state index in [2.05, 4.69) is 10.3 Å². The van der Waals surface area contributed by atoms with Crippen molar-refractivity contribution in [2.45, 2.75) is 19.9 Å². The zero-order chi connectivity index (χ0) is 17.4. The van der Waals surface area contributed by atoms with E-state index in [1.807, 2.05) is 24.4 Å². The number of ether oxygens (including phenoxy) is 1. The predicted octanol–water partition coefficient (Wildman–Crippen LogP) is 2.32. The summed E-state index contributed by atoms with van der Waals surface area (Å²) < 4.78 is 5.56. The highest BCUT2D eigenvalue weighted by molar-refractivity contribution is 7.12. The van der Waals surface area contributed by atoms with Crippen molar-refractivity contribution in [3.8, 4) is 5.88 Å². The van der Waals surface area contributed by atoms with E-state index in [9.17, 15) is 9.59 Å². The van der Waals surface area contributed by atoms with Gasteiger partial charge in [-0.25, -0.2) is 4.98 Å². The van der Waals surface area contributed by atoms with Gasteiger partial charge in [0.05, 0.1) is 18.0 Å². The van der Waals surface area contributed by atoms with Crippen LogP contribution < -0.4 is 10.1 Å². The zero-order valence-electron chi connectivity index (χ0n) is 13.8. The number of nitrogens with one attached hydrogen (secondary N) is 1. The molecule has 0 aliphatic heterocycles. The van der Waals surface area contributed by atoms with Crippen LogP contribution in [0.15, 0.2) is 35.8 Å². The lowest BCUT2D eigenvalue weighted by Gasteiger charge is -2.16. The molecule has 0 saturated carbocycles. The van der Waals surface area contributed by atoms with Crippen LogP contribution in [0.25, 0.3) is 0 Å². The van der Waals surface area contributed by atoms with Crippen molar-refractivity contribution < 1.29 is 14.3 Å². The number of pyridine rings is 1. The Morgan fingerprint density at radius 2 is 2.17 bits per heavy atom. The zero-order valence-corrected chi connectivity index (χ0v) is 14.6.